The van der Waals surface area contributed by atoms with Crippen molar-refractivity contribution in [1.82, 2.24) is 9.38 Å². The predicted octanol–water partition coefficient (Wildman–Crippen LogP) is 1.98. The van der Waals surface area contributed by atoms with Gasteiger partial charge in [0.05, 0.1) is 22.3 Å². The monoisotopic (exact) mass is 322 g/mol. The molecule has 2 heterocycles. The predicted molar refractivity (Wildman–Crippen MR) is 86.1 cm³/mol. The number of benzene rings is 1. The minimum absolute atomic E-state index is 0.0227. The van der Waals surface area contributed by atoms with Crippen molar-refractivity contribution < 1.29 is 14.8 Å². The number of aromatic nitrogens is 2. The maximum atomic E-state index is 10.8. The lowest BCUT2D eigenvalue weighted by molar-refractivity contribution is -0.384. The molecule has 7 nitrogen and oxygen atoms in total. The van der Waals surface area contributed by atoms with Crippen LogP contribution in [0.1, 0.15) is 11.3 Å². The van der Waals surface area contributed by atoms with Gasteiger partial charge in [-0.15, -0.1) is 0 Å². The topological polar surface area (TPSA) is 101 Å². The molecule has 2 aromatic heterocycles. The molecule has 0 saturated heterocycles. The van der Waals surface area contributed by atoms with Crippen LogP contribution in [0.15, 0.2) is 48.7 Å². The summed E-state index contributed by atoms with van der Waals surface area (Å²) in [7, 11) is 0. The first-order valence-corrected chi connectivity index (χ1v) is 7.09. The van der Waals surface area contributed by atoms with Crippen LogP contribution >= 0.6 is 0 Å². The number of carboxylic acids is 1. The van der Waals surface area contributed by atoms with E-state index in [0.717, 1.165) is 11.6 Å². The Kier molecular flexibility index (Phi) is 3.83. The average molecular weight is 322 g/mol. The molecule has 0 saturated carbocycles. The normalized spacial score (nSPS) is 11.2. The summed E-state index contributed by atoms with van der Waals surface area (Å²) in [5, 5.41) is 21.5. The highest BCUT2D eigenvalue weighted by Gasteiger charge is 2.14. The van der Waals surface area contributed by atoms with E-state index in [1.54, 1.807) is 22.7 Å². The molecule has 3 rings (SSSR count). The second-order valence-corrected chi connectivity index (χ2v) is 5.19. The highest BCUT2D eigenvalue weighted by Crippen LogP contribution is 2.28. The summed E-state index contributed by atoms with van der Waals surface area (Å²) in [6, 6.07) is 9.68. The number of hydrogen-bond acceptors (Lipinski definition) is 5. The van der Waals surface area contributed by atoms with Crippen molar-refractivity contribution in [3.63, 3.8) is 0 Å². The lowest BCUT2D eigenvalue weighted by Gasteiger charge is -2.02. The van der Waals surface area contributed by atoms with Crippen LogP contribution in [0.2, 0.25) is 0 Å². The van der Waals surface area contributed by atoms with E-state index in [4.69, 9.17) is 0 Å². The summed E-state index contributed by atoms with van der Waals surface area (Å²) in [5.74, 6) is -1.31. The Bertz CT molecular complexity index is 971. The number of nitro benzene ring substituents is 1. The molecular formula is C17H12N3O4-. The van der Waals surface area contributed by atoms with E-state index in [9.17, 15) is 20.0 Å². The Balaban J connectivity index is 2.22. The number of hydrogen-bond donors (Lipinski definition) is 0. The van der Waals surface area contributed by atoms with Crippen LogP contribution in [0.3, 0.4) is 0 Å². The summed E-state index contributed by atoms with van der Waals surface area (Å²) < 4.78 is 1.77. The highest BCUT2D eigenvalue weighted by atomic mass is 16.6. The number of aliphatic carboxylic acids is 1. The number of nitro groups is 1. The third kappa shape index (κ3) is 2.74. The van der Waals surface area contributed by atoms with E-state index in [1.807, 2.05) is 19.1 Å². The first kappa shape index (κ1) is 15.4. The third-order valence-electron chi connectivity index (χ3n) is 3.61. The number of rotatable bonds is 4. The molecule has 3 aromatic rings. The minimum Gasteiger partial charge on any atom is -0.545 e. The van der Waals surface area contributed by atoms with Crippen molar-refractivity contribution in [3.05, 3.63) is 70.0 Å². The van der Waals surface area contributed by atoms with Crippen LogP contribution in [-0.2, 0) is 4.79 Å². The number of carbonyl (C=O) groups excluding carboxylic acids is 1. The quantitative estimate of drug-likeness (QED) is 0.415. The summed E-state index contributed by atoms with van der Waals surface area (Å²) in [4.78, 5) is 25.6. The molecule has 0 aliphatic rings. The number of pyridine rings is 1. The lowest BCUT2D eigenvalue weighted by atomic mass is 10.1. The van der Waals surface area contributed by atoms with E-state index in [2.05, 4.69) is 4.98 Å². The summed E-state index contributed by atoms with van der Waals surface area (Å²) in [6.45, 7) is 1.90. The van der Waals surface area contributed by atoms with Crippen LogP contribution in [0.25, 0.3) is 23.0 Å². The van der Waals surface area contributed by atoms with E-state index in [-0.39, 0.29) is 5.69 Å². The SMILES string of the molecule is Cc1cccn2c(/C=C/C(=O)[O-])c(-c3ccc([N+](=O)[O-])cc3)nc12. The van der Waals surface area contributed by atoms with E-state index in [0.29, 0.717) is 22.6 Å². The van der Waals surface area contributed by atoms with Gasteiger partial charge in [-0.3, -0.25) is 14.5 Å². The molecule has 1 aromatic carbocycles. The number of imidazole rings is 1. The van der Waals surface area contributed by atoms with Crippen molar-refractivity contribution in [2.75, 3.05) is 0 Å². The third-order valence-corrected chi connectivity index (χ3v) is 3.61. The fourth-order valence-electron chi connectivity index (χ4n) is 2.48. The zero-order valence-electron chi connectivity index (χ0n) is 12.7. The van der Waals surface area contributed by atoms with Gasteiger partial charge in [-0.05, 0) is 42.8 Å². The molecule has 0 unspecified atom stereocenters. The number of carbonyl (C=O) groups is 1. The molecule has 0 spiro atoms. The first-order chi connectivity index (χ1) is 11.5. The zero-order valence-corrected chi connectivity index (χ0v) is 12.7. The van der Waals surface area contributed by atoms with Gasteiger partial charge in [0, 0.05) is 23.9 Å². The van der Waals surface area contributed by atoms with Gasteiger partial charge in [0.15, 0.2) is 0 Å². The molecule has 0 atom stereocenters. The number of nitrogens with zero attached hydrogens (tertiary/aromatic N) is 3. The van der Waals surface area contributed by atoms with Gasteiger partial charge in [-0.25, -0.2) is 4.98 Å². The molecule has 0 aliphatic heterocycles. The molecule has 0 fully saturated rings. The molecule has 0 radical (unpaired) electrons. The Morgan fingerprint density at radius 1 is 1.25 bits per heavy atom. The smallest absolute Gasteiger partial charge is 0.269 e. The Morgan fingerprint density at radius 2 is 1.96 bits per heavy atom. The van der Waals surface area contributed by atoms with Crippen molar-refractivity contribution in [2.24, 2.45) is 0 Å². The molecule has 120 valence electrons. The van der Waals surface area contributed by atoms with E-state index in [1.165, 1.54) is 18.2 Å². The largest absolute Gasteiger partial charge is 0.545 e. The second-order valence-electron chi connectivity index (χ2n) is 5.19. The molecular weight excluding hydrogens is 310 g/mol. The van der Waals surface area contributed by atoms with Gasteiger partial charge in [0.1, 0.15) is 5.65 Å². The summed E-state index contributed by atoms with van der Waals surface area (Å²) in [5.41, 5.74) is 3.34. The van der Waals surface area contributed by atoms with Crippen molar-refractivity contribution in [1.29, 1.82) is 0 Å². The number of aryl methyl sites for hydroxylation is 1. The maximum Gasteiger partial charge on any atom is 0.269 e. The van der Waals surface area contributed by atoms with Crippen molar-refractivity contribution in [2.45, 2.75) is 6.92 Å². The Morgan fingerprint density at radius 3 is 2.58 bits per heavy atom. The maximum absolute atomic E-state index is 10.8. The van der Waals surface area contributed by atoms with Crippen LogP contribution < -0.4 is 5.11 Å². The van der Waals surface area contributed by atoms with Crippen LogP contribution in [0.5, 0.6) is 0 Å². The molecule has 0 amide bonds. The van der Waals surface area contributed by atoms with Gasteiger partial charge in [-0.1, -0.05) is 6.07 Å². The van der Waals surface area contributed by atoms with Gasteiger partial charge in [0.2, 0.25) is 0 Å². The van der Waals surface area contributed by atoms with Gasteiger partial charge in [-0.2, -0.15) is 0 Å². The lowest BCUT2D eigenvalue weighted by Crippen LogP contribution is -2.18. The Hall–Kier alpha value is -3.48. The van der Waals surface area contributed by atoms with Crippen molar-refractivity contribution >= 4 is 23.4 Å². The van der Waals surface area contributed by atoms with E-state index < -0.39 is 10.9 Å². The van der Waals surface area contributed by atoms with Crippen LogP contribution in [-0.4, -0.2) is 20.3 Å². The molecule has 0 aliphatic carbocycles. The van der Waals surface area contributed by atoms with E-state index >= 15 is 0 Å². The fraction of sp³-hybridized carbons (Fsp3) is 0.0588. The number of fused-ring (bicyclic) bond motifs is 1. The van der Waals surface area contributed by atoms with Crippen molar-refractivity contribution in [3.8, 4) is 11.3 Å². The van der Waals surface area contributed by atoms with Gasteiger partial charge in [0.25, 0.3) is 5.69 Å². The van der Waals surface area contributed by atoms with Gasteiger partial charge >= 0.3 is 0 Å². The molecule has 24 heavy (non-hydrogen) atoms. The standard InChI is InChI=1S/C17H13N3O4/c1-11-3-2-10-19-14(8-9-15(21)22)16(18-17(11)19)12-4-6-13(7-5-12)20(23)24/h2-10H,1H3,(H,21,22)/p-1/b9-8+. The second kappa shape index (κ2) is 5.96. The first-order valence-electron chi connectivity index (χ1n) is 7.09. The minimum atomic E-state index is -1.31. The molecule has 7 heteroatoms. The zero-order chi connectivity index (χ0) is 17.3. The Labute approximate surface area is 136 Å². The molecule has 0 bridgehead atoms. The fourth-order valence-corrected chi connectivity index (χ4v) is 2.48. The highest BCUT2D eigenvalue weighted by molar-refractivity contribution is 5.86. The van der Waals surface area contributed by atoms with Gasteiger partial charge < -0.3 is 9.90 Å². The summed E-state index contributed by atoms with van der Waals surface area (Å²) in [6.07, 6.45) is 4.12. The number of non-ortho nitro benzene ring substituents is 1. The summed E-state index contributed by atoms with van der Waals surface area (Å²) >= 11 is 0. The van der Waals surface area contributed by atoms with Crippen LogP contribution in [0.4, 0.5) is 5.69 Å². The molecule has 0 N–H and O–H groups in total. The average Bonchev–Trinajstić information content (AvgIpc) is 2.93. The van der Waals surface area contributed by atoms with Crippen LogP contribution in [0, 0.1) is 17.0 Å². The number of carboxylic acid groups (broad SMARTS) is 1.